The molecule has 4 rings (SSSR count). The Morgan fingerprint density at radius 1 is 1.13 bits per heavy atom. The zero-order valence-corrected chi connectivity index (χ0v) is 12.6. The maximum Gasteiger partial charge on any atom is 0.254 e. The molecule has 1 amide bonds. The molecule has 23 heavy (non-hydrogen) atoms. The van der Waals surface area contributed by atoms with E-state index in [1.165, 1.54) is 11.1 Å². The number of aromatic nitrogens is 3. The molecule has 0 radical (unpaired) electrons. The lowest BCUT2D eigenvalue weighted by molar-refractivity contribution is 0.0945. The van der Waals surface area contributed by atoms with E-state index in [1.807, 2.05) is 30.3 Å². The Bertz CT molecular complexity index is 854. The summed E-state index contributed by atoms with van der Waals surface area (Å²) in [5, 5.41) is 7.19. The van der Waals surface area contributed by atoms with Crippen LogP contribution in [-0.4, -0.2) is 27.2 Å². The lowest BCUT2D eigenvalue weighted by Gasteiger charge is -2.14. The summed E-state index contributed by atoms with van der Waals surface area (Å²) in [6.45, 7) is 0.640. The minimum absolute atomic E-state index is 0.0575. The van der Waals surface area contributed by atoms with Crippen molar-refractivity contribution < 1.29 is 4.79 Å². The van der Waals surface area contributed by atoms with Crippen molar-refractivity contribution in [3.63, 3.8) is 0 Å². The van der Waals surface area contributed by atoms with Crippen LogP contribution in [0.1, 0.15) is 27.2 Å². The SMILES string of the molecule is O=C1NCCc2c1cnn2-c1cc(Cc2ccccc2)ccn1. The van der Waals surface area contributed by atoms with Crippen LogP contribution >= 0.6 is 0 Å². The van der Waals surface area contributed by atoms with Gasteiger partial charge in [-0.3, -0.25) is 4.79 Å². The number of nitrogens with one attached hydrogen (secondary N) is 1. The molecule has 0 fully saturated rings. The molecule has 3 heterocycles. The van der Waals surface area contributed by atoms with E-state index >= 15 is 0 Å². The molecule has 5 heteroatoms. The number of carbonyl (C=O) groups is 1. The number of rotatable bonds is 3. The Balaban J connectivity index is 1.68. The van der Waals surface area contributed by atoms with Crippen molar-refractivity contribution in [3.05, 3.63) is 77.2 Å². The molecule has 114 valence electrons. The van der Waals surface area contributed by atoms with Crippen LogP contribution in [0.15, 0.2) is 54.9 Å². The highest BCUT2D eigenvalue weighted by Crippen LogP contribution is 2.18. The van der Waals surface area contributed by atoms with Crippen molar-refractivity contribution in [3.8, 4) is 5.82 Å². The summed E-state index contributed by atoms with van der Waals surface area (Å²) < 4.78 is 1.78. The average molecular weight is 304 g/mol. The summed E-state index contributed by atoms with van der Waals surface area (Å²) in [5.74, 6) is 0.701. The first kappa shape index (κ1) is 13.7. The fourth-order valence-electron chi connectivity index (χ4n) is 2.91. The minimum Gasteiger partial charge on any atom is -0.352 e. The monoisotopic (exact) mass is 304 g/mol. The molecule has 0 spiro atoms. The van der Waals surface area contributed by atoms with Gasteiger partial charge >= 0.3 is 0 Å². The number of amides is 1. The standard InChI is InChI=1S/C18H16N4O/c23-18-15-12-21-22(16(15)7-9-20-18)17-11-14(6-8-19-17)10-13-4-2-1-3-5-13/h1-6,8,11-12H,7,9-10H2,(H,20,23). The topological polar surface area (TPSA) is 59.8 Å². The van der Waals surface area contributed by atoms with E-state index in [1.54, 1.807) is 17.1 Å². The molecule has 0 atom stereocenters. The van der Waals surface area contributed by atoms with E-state index in [0.717, 1.165) is 24.4 Å². The molecule has 0 aliphatic carbocycles. The first-order valence-corrected chi connectivity index (χ1v) is 7.65. The Morgan fingerprint density at radius 2 is 2.00 bits per heavy atom. The first-order chi connectivity index (χ1) is 11.3. The number of benzene rings is 1. The molecule has 2 aromatic heterocycles. The number of nitrogens with zero attached hydrogens (tertiary/aromatic N) is 3. The van der Waals surface area contributed by atoms with Gasteiger partial charge in [0.05, 0.1) is 17.5 Å². The Labute approximate surface area is 134 Å². The maximum absolute atomic E-state index is 11.9. The van der Waals surface area contributed by atoms with E-state index in [-0.39, 0.29) is 5.91 Å². The highest BCUT2D eigenvalue weighted by Gasteiger charge is 2.22. The predicted molar refractivity (Wildman–Crippen MR) is 86.6 cm³/mol. The second-order valence-electron chi connectivity index (χ2n) is 5.61. The lowest BCUT2D eigenvalue weighted by Crippen LogP contribution is -2.32. The van der Waals surface area contributed by atoms with E-state index in [4.69, 9.17) is 0 Å². The van der Waals surface area contributed by atoms with Gasteiger partial charge in [0.2, 0.25) is 0 Å². The second-order valence-corrected chi connectivity index (χ2v) is 5.61. The zero-order valence-electron chi connectivity index (χ0n) is 12.6. The predicted octanol–water partition coefficient (Wildman–Crippen LogP) is 2.14. The summed E-state index contributed by atoms with van der Waals surface area (Å²) in [6.07, 6.45) is 5.03. The van der Waals surface area contributed by atoms with Gasteiger partial charge in [-0.15, -0.1) is 0 Å². The lowest BCUT2D eigenvalue weighted by atomic mass is 10.1. The van der Waals surface area contributed by atoms with Crippen LogP contribution in [0.25, 0.3) is 5.82 Å². The van der Waals surface area contributed by atoms with Gasteiger partial charge in [0.25, 0.3) is 5.91 Å². The van der Waals surface area contributed by atoms with Gasteiger partial charge in [-0.25, -0.2) is 9.67 Å². The van der Waals surface area contributed by atoms with Crippen LogP contribution in [0.5, 0.6) is 0 Å². The third-order valence-corrected chi connectivity index (χ3v) is 4.04. The Morgan fingerprint density at radius 3 is 2.87 bits per heavy atom. The van der Waals surface area contributed by atoms with E-state index in [2.05, 4.69) is 27.5 Å². The van der Waals surface area contributed by atoms with Crippen LogP contribution in [0.3, 0.4) is 0 Å². The molecule has 0 bridgehead atoms. The molecule has 1 aliphatic heterocycles. The summed E-state index contributed by atoms with van der Waals surface area (Å²) >= 11 is 0. The highest BCUT2D eigenvalue weighted by atomic mass is 16.1. The van der Waals surface area contributed by atoms with E-state index in [9.17, 15) is 4.79 Å². The Kier molecular flexibility index (Phi) is 3.38. The van der Waals surface area contributed by atoms with Crippen LogP contribution in [-0.2, 0) is 12.8 Å². The fraction of sp³-hybridized carbons (Fsp3) is 0.167. The van der Waals surface area contributed by atoms with Gasteiger partial charge in [0.15, 0.2) is 5.82 Å². The largest absolute Gasteiger partial charge is 0.352 e. The number of fused-ring (bicyclic) bond motifs is 1. The van der Waals surface area contributed by atoms with Crippen molar-refractivity contribution in [2.75, 3.05) is 6.54 Å². The van der Waals surface area contributed by atoms with Crippen LogP contribution in [0.4, 0.5) is 0 Å². The molecule has 0 unspecified atom stereocenters. The van der Waals surface area contributed by atoms with Crippen molar-refractivity contribution >= 4 is 5.91 Å². The van der Waals surface area contributed by atoms with Gasteiger partial charge in [0, 0.05) is 19.2 Å². The van der Waals surface area contributed by atoms with Gasteiger partial charge < -0.3 is 5.32 Å². The molecule has 0 saturated carbocycles. The van der Waals surface area contributed by atoms with Gasteiger partial charge in [0.1, 0.15) is 0 Å². The Hall–Kier alpha value is -2.95. The first-order valence-electron chi connectivity index (χ1n) is 7.65. The van der Waals surface area contributed by atoms with Gasteiger partial charge in [-0.1, -0.05) is 30.3 Å². The summed E-state index contributed by atoms with van der Waals surface area (Å²) in [5.41, 5.74) is 4.00. The normalized spacial score (nSPS) is 13.5. The minimum atomic E-state index is -0.0575. The summed E-state index contributed by atoms with van der Waals surface area (Å²) in [6, 6.07) is 14.4. The van der Waals surface area contributed by atoms with Crippen LogP contribution < -0.4 is 5.32 Å². The van der Waals surface area contributed by atoms with Gasteiger partial charge in [-0.05, 0) is 29.7 Å². The number of carbonyl (C=O) groups excluding carboxylic acids is 1. The molecule has 1 aliphatic rings. The van der Waals surface area contributed by atoms with E-state index in [0.29, 0.717) is 12.1 Å². The summed E-state index contributed by atoms with van der Waals surface area (Å²) in [7, 11) is 0. The third kappa shape index (κ3) is 2.61. The molecular weight excluding hydrogens is 288 g/mol. The van der Waals surface area contributed by atoms with Gasteiger partial charge in [-0.2, -0.15) is 5.10 Å². The maximum atomic E-state index is 11.9. The zero-order chi connectivity index (χ0) is 15.6. The van der Waals surface area contributed by atoms with Crippen molar-refractivity contribution in [2.45, 2.75) is 12.8 Å². The van der Waals surface area contributed by atoms with Crippen molar-refractivity contribution in [1.82, 2.24) is 20.1 Å². The van der Waals surface area contributed by atoms with Crippen molar-refractivity contribution in [2.24, 2.45) is 0 Å². The number of hydrogen-bond donors (Lipinski definition) is 1. The second kappa shape index (κ2) is 5.68. The molecule has 5 nitrogen and oxygen atoms in total. The quantitative estimate of drug-likeness (QED) is 0.806. The fourth-order valence-corrected chi connectivity index (χ4v) is 2.91. The summed E-state index contributed by atoms with van der Waals surface area (Å²) in [4.78, 5) is 16.3. The van der Waals surface area contributed by atoms with E-state index < -0.39 is 0 Å². The number of hydrogen-bond acceptors (Lipinski definition) is 3. The molecule has 1 N–H and O–H groups in total. The smallest absolute Gasteiger partial charge is 0.254 e. The van der Waals surface area contributed by atoms with Crippen LogP contribution in [0.2, 0.25) is 0 Å². The average Bonchev–Trinajstić information content (AvgIpc) is 3.02. The number of pyridine rings is 1. The highest BCUT2D eigenvalue weighted by molar-refractivity contribution is 5.96. The molecule has 0 saturated heterocycles. The third-order valence-electron chi connectivity index (χ3n) is 4.04. The molecule has 3 aromatic rings. The van der Waals surface area contributed by atoms with Crippen molar-refractivity contribution in [1.29, 1.82) is 0 Å². The molecule has 1 aromatic carbocycles. The molecular formula is C18H16N4O. The van der Waals surface area contributed by atoms with Crippen LogP contribution in [0, 0.1) is 0 Å².